The van der Waals surface area contributed by atoms with Crippen molar-refractivity contribution in [2.45, 2.75) is 51.6 Å². The first-order chi connectivity index (χ1) is 11.1. The Morgan fingerprint density at radius 1 is 1.43 bits per heavy atom. The van der Waals surface area contributed by atoms with Gasteiger partial charge in [-0.3, -0.25) is 4.79 Å². The van der Waals surface area contributed by atoms with Gasteiger partial charge < -0.3 is 9.47 Å². The van der Waals surface area contributed by atoms with Gasteiger partial charge in [0.25, 0.3) is 6.43 Å². The van der Waals surface area contributed by atoms with Crippen molar-refractivity contribution in [1.29, 1.82) is 0 Å². The number of halogens is 2. The first-order valence-electron chi connectivity index (χ1n) is 8.09. The minimum Gasteiger partial charge on any atom is -0.340 e. The van der Waals surface area contributed by atoms with Crippen LogP contribution in [0.4, 0.5) is 8.78 Å². The van der Waals surface area contributed by atoms with E-state index in [1.807, 2.05) is 11.8 Å². The average Bonchev–Trinajstić information content (AvgIpc) is 2.92. The van der Waals surface area contributed by atoms with Gasteiger partial charge in [-0.1, -0.05) is 0 Å². The number of piperidine rings is 1. The molecule has 0 spiro atoms. The molecule has 124 valence electrons. The highest BCUT2D eigenvalue weighted by molar-refractivity contribution is 5.79. The maximum Gasteiger partial charge on any atom is 0.278 e. The molecule has 1 aliphatic rings. The molecular formula is C17H21F2N3O. The van der Waals surface area contributed by atoms with Gasteiger partial charge >= 0.3 is 0 Å². The summed E-state index contributed by atoms with van der Waals surface area (Å²) in [6.45, 7) is 3.06. The maximum absolute atomic E-state index is 13.3. The summed E-state index contributed by atoms with van der Waals surface area (Å²) in [6.07, 6.45) is 2.42. The third kappa shape index (κ3) is 3.21. The molecule has 0 unspecified atom stereocenters. The number of amides is 1. The molecule has 0 radical (unpaired) electrons. The monoisotopic (exact) mass is 321 g/mol. The van der Waals surface area contributed by atoms with E-state index in [0.29, 0.717) is 11.0 Å². The number of nitrogens with zero attached hydrogens (tertiary/aromatic N) is 3. The molecule has 0 aliphatic carbocycles. The zero-order valence-corrected chi connectivity index (χ0v) is 13.2. The maximum atomic E-state index is 13.3. The van der Waals surface area contributed by atoms with Crippen LogP contribution in [0.5, 0.6) is 0 Å². The molecule has 4 nitrogen and oxygen atoms in total. The van der Waals surface area contributed by atoms with Gasteiger partial charge in [0.05, 0.1) is 5.69 Å². The average molecular weight is 321 g/mol. The second-order valence-electron chi connectivity index (χ2n) is 6.12. The fraction of sp³-hybridized carbons (Fsp3) is 0.529. The SMILES string of the molecule is C[C@@H]1CCCCN1C(=O)CCn1c(C(F)F)cc2cccnc21. The lowest BCUT2D eigenvalue weighted by Gasteiger charge is -2.33. The van der Waals surface area contributed by atoms with Crippen molar-refractivity contribution >= 4 is 16.9 Å². The molecule has 1 atom stereocenters. The number of aryl methyl sites for hydroxylation is 1. The van der Waals surface area contributed by atoms with E-state index in [9.17, 15) is 13.6 Å². The van der Waals surface area contributed by atoms with Crippen LogP contribution in [0.2, 0.25) is 0 Å². The Kier molecular flexibility index (Phi) is 4.59. The van der Waals surface area contributed by atoms with Crippen molar-refractivity contribution < 1.29 is 13.6 Å². The van der Waals surface area contributed by atoms with E-state index < -0.39 is 6.43 Å². The molecule has 1 fully saturated rings. The van der Waals surface area contributed by atoms with E-state index in [-0.39, 0.29) is 30.6 Å². The molecule has 0 saturated carbocycles. The van der Waals surface area contributed by atoms with Gasteiger partial charge in [-0.15, -0.1) is 0 Å². The normalized spacial score (nSPS) is 18.8. The third-order valence-electron chi connectivity index (χ3n) is 4.58. The lowest BCUT2D eigenvalue weighted by atomic mass is 10.0. The number of aromatic nitrogens is 2. The minimum atomic E-state index is -2.58. The first-order valence-corrected chi connectivity index (χ1v) is 8.09. The predicted octanol–water partition coefficient (Wildman–Crippen LogP) is 3.77. The standard InChI is InChI=1S/C17H21F2N3O/c1-12-5-2-3-9-21(12)15(23)7-10-22-14(16(18)19)11-13-6-4-8-20-17(13)22/h4,6,8,11-12,16H,2-3,5,7,9-10H2,1H3/t12-/m1/s1. The van der Waals surface area contributed by atoms with Crippen LogP contribution >= 0.6 is 0 Å². The zero-order chi connectivity index (χ0) is 16.4. The molecular weight excluding hydrogens is 300 g/mol. The Balaban J connectivity index is 1.78. The molecule has 3 heterocycles. The summed E-state index contributed by atoms with van der Waals surface area (Å²) in [4.78, 5) is 18.5. The Morgan fingerprint density at radius 2 is 2.26 bits per heavy atom. The predicted molar refractivity (Wildman–Crippen MR) is 84.3 cm³/mol. The lowest BCUT2D eigenvalue weighted by Crippen LogP contribution is -2.42. The van der Waals surface area contributed by atoms with Crippen LogP contribution in [0.15, 0.2) is 24.4 Å². The quantitative estimate of drug-likeness (QED) is 0.860. The molecule has 2 aromatic heterocycles. The molecule has 0 N–H and O–H groups in total. The van der Waals surface area contributed by atoms with Crippen molar-refractivity contribution in [3.63, 3.8) is 0 Å². The summed E-state index contributed by atoms with van der Waals surface area (Å²) in [5, 5.41) is 0.682. The summed E-state index contributed by atoms with van der Waals surface area (Å²) in [5.74, 6) is 0.0372. The highest BCUT2D eigenvalue weighted by Crippen LogP contribution is 2.27. The molecule has 1 aliphatic heterocycles. The van der Waals surface area contributed by atoms with Gasteiger partial charge in [-0.25, -0.2) is 13.8 Å². The number of likely N-dealkylation sites (tertiary alicyclic amines) is 1. The van der Waals surface area contributed by atoms with Crippen LogP contribution in [0.3, 0.4) is 0 Å². The van der Waals surface area contributed by atoms with Crippen LogP contribution in [0.1, 0.15) is 44.7 Å². The number of carbonyl (C=O) groups is 1. The van der Waals surface area contributed by atoms with Crippen LogP contribution in [0.25, 0.3) is 11.0 Å². The number of fused-ring (bicyclic) bond motifs is 1. The largest absolute Gasteiger partial charge is 0.340 e. The van der Waals surface area contributed by atoms with E-state index in [1.165, 1.54) is 10.6 Å². The fourth-order valence-corrected chi connectivity index (χ4v) is 3.34. The van der Waals surface area contributed by atoms with Gasteiger partial charge in [-0.05, 0) is 44.4 Å². The first kappa shape index (κ1) is 15.9. The molecule has 0 aromatic carbocycles. The second kappa shape index (κ2) is 6.64. The van der Waals surface area contributed by atoms with E-state index in [2.05, 4.69) is 4.98 Å². The second-order valence-corrected chi connectivity index (χ2v) is 6.12. The molecule has 23 heavy (non-hydrogen) atoms. The number of pyridine rings is 1. The molecule has 1 amide bonds. The van der Waals surface area contributed by atoms with Crippen LogP contribution in [-0.4, -0.2) is 32.9 Å². The number of alkyl halides is 2. The molecule has 2 aromatic rings. The number of hydrogen-bond donors (Lipinski definition) is 0. The number of hydrogen-bond acceptors (Lipinski definition) is 2. The Hall–Kier alpha value is -1.98. The van der Waals surface area contributed by atoms with E-state index in [1.54, 1.807) is 18.3 Å². The summed E-state index contributed by atoms with van der Waals surface area (Å²) in [5.41, 5.74) is 0.445. The number of rotatable bonds is 4. The number of carbonyl (C=O) groups excluding carboxylic acids is 1. The van der Waals surface area contributed by atoms with Crippen molar-refractivity contribution in [2.75, 3.05) is 6.54 Å². The Bertz CT molecular complexity index is 698. The molecule has 1 saturated heterocycles. The van der Waals surface area contributed by atoms with Crippen molar-refractivity contribution in [3.05, 3.63) is 30.1 Å². The highest BCUT2D eigenvalue weighted by Gasteiger charge is 2.24. The summed E-state index contributed by atoms with van der Waals surface area (Å²) in [7, 11) is 0. The third-order valence-corrected chi connectivity index (χ3v) is 4.58. The van der Waals surface area contributed by atoms with Crippen LogP contribution < -0.4 is 0 Å². The van der Waals surface area contributed by atoms with E-state index in [4.69, 9.17) is 0 Å². The van der Waals surface area contributed by atoms with Gasteiger partial charge in [-0.2, -0.15) is 0 Å². The van der Waals surface area contributed by atoms with Gasteiger partial charge in [0.1, 0.15) is 5.65 Å². The zero-order valence-electron chi connectivity index (χ0n) is 13.2. The van der Waals surface area contributed by atoms with Crippen LogP contribution in [-0.2, 0) is 11.3 Å². The smallest absolute Gasteiger partial charge is 0.278 e. The minimum absolute atomic E-state index is 0.0372. The lowest BCUT2D eigenvalue weighted by molar-refractivity contribution is -0.134. The molecule has 6 heteroatoms. The summed E-state index contributed by atoms with van der Waals surface area (Å²) >= 11 is 0. The fourth-order valence-electron chi connectivity index (χ4n) is 3.34. The summed E-state index contributed by atoms with van der Waals surface area (Å²) in [6, 6.07) is 5.19. The van der Waals surface area contributed by atoms with Crippen molar-refractivity contribution in [2.24, 2.45) is 0 Å². The highest BCUT2D eigenvalue weighted by atomic mass is 19.3. The topological polar surface area (TPSA) is 38.1 Å². The van der Waals surface area contributed by atoms with E-state index >= 15 is 0 Å². The molecule has 0 bridgehead atoms. The van der Waals surface area contributed by atoms with Crippen LogP contribution in [0, 0.1) is 0 Å². The summed E-state index contributed by atoms with van der Waals surface area (Å²) < 4.78 is 28.0. The Labute approximate surface area is 134 Å². The van der Waals surface area contributed by atoms with E-state index in [0.717, 1.165) is 25.8 Å². The van der Waals surface area contributed by atoms with Gasteiger partial charge in [0.15, 0.2) is 0 Å². The van der Waals surface area contributed by atoms with Gasteiger partial charge in [0.2, 0.25) is 5.91 Å². The van der Waals surface area contributed by atoms with Crippen molar-refractivity contribution in [3.8, 4) is 0 Å². The van der Waals surface area contributed by atoms with Gasteiger partial charge in [0, 0.05) is 37.1 Å². The Morgan fingerprint density at radius 3 is 3.00 bits per heavy atom. The van der Waals surface area contributed by atoms with Crippen molar-refractivity contribution in [1.82, 2.24) is 14.5 Å². The molecule has 3 rings (SSSR count).